The number of nitrogens with zero attached hydrogens (tertiary/aromatic N) is 2. The van der Waals surface area contributed by atoms with Gasteiger partial charge >= 0.3 is 0 Å². The minimum atomic E-state index is 0.00575. The summed E-state index contributed by atoms with van der Waals surface area (Å²) in [7, 11) is 0. The van der Waals surface area contributed by atoms with Gasteiger partial charge in [-0.05, 0) is 78.9 Å². The quantitative estimate of drug-likeness (QED) is 0.274. The van der Waals surface area contributed by atoms with Gasteiger partial charge < -0.3 is 20.2 Å². The van der Waals surface area contributed by atoms with Crippen LogP contribution in [-0.2, 0) is 0 Å². The van der Waals surface area contributed by atoms with Gasteiger partial charge in [-0.2, -0.15) is 0 Å². The summed E-state index contributed by atoms with van der Waals surface area (Å²) in [6.45, 7) is 0. The first kappa shape index (κ1) is 18.2. The van der Waals surface area contributed by atoms with Crippen LogP contribution in [0.3, 0.4) is 0 Å². The van der Waals surface area contributed by atoms with Gasteiger partial charge in [-0.1, -0.05) is 6.07 Å². The van der Waals surface area contributed by atoms with Gasteiger partial charge in [0.05, 0.1) is 28.3 Å². The molecule has 4 N–H and O–H groups in total. The van der Waals surface area contributed by atoms with Crippen LogP contribution in [0.1, 0.15) is 22.8 Å². The zero-order valence-corrected chi connectivity index (χ0v) is 16.9. The van der Waals surface area contributed by atoms with Crippen molar-refractivity contribution in [3.63, 3.8) is 0 Å². The molecule has 0 aliphatic carbocycles. The van der Waals surface area contributed by atoms with Gasteiger partial charge in [-0.25, -0.2) is 9.97 Å². The summed E-state index contributed by atoms with van der Waals surface area (Å²) in [5.41, 5.74) is 7.73. The van der Waals surface area contributed by atoms with Crippen LogP contribution < -0.4 is 0 Å². The Labute approximate surface area is 182 Å². The number of fused-ring (bicyclic) bond motifs is 8. The maximum absolute atomic E-state index is 10.5. The molecule has 0 amide bonds. The van der Waals surface area contributed by atoms with Crippen molar-refractivity contribution in [2.45, 2.75) is 0 Å². The van der Waals surface area contributed by atoms with E-state index >= 15 is 0 Å². The second-order valence-corrected chi connectivity index (χ2v) is 7.76. The van der Waals surface area contributed by atoms with Crippen molar-refractivity contribution in [2.75, 3.05) is 0 Å². The van der Waals surface area contributed by atoms with E-state index in [-0.39, 0.29) is 11.5 Å². The molecule has 0 saturated heterocycles. The van der Waals surface area contributed by atoms with Crippen LogP contribution in [-0.4, -0.2) is 30.1 Å². The summed E-state index contributed by atoms with van der Waals surface area (Å²) in [4.78, 5) is 16.1. The van der Waals surface area contributed by atoms with E-state index in [4.69, 9.17) is 0 Å². The molecule has 5 heterocycles. The predicted octanol–water partition coefficient (Wildman–Crippen LogP) is 5.73. The van der Waals surface area contributed by atoms with Gasteiger partial charge in [0.25, 0.3) is 0 Å². The Morgan fingerprint density at radius 2 is 1.09 bits per heavy atom. The highest BCUT2D eigenvalue weighted by atomic mass is 16.3. The van der Waals surface area contributed by atoms with E-state index in [1.165, 1.54) is 0 Å². The molecule has 0 spiro atoms. The highest BCUT2D eigenvalue weighted by Gasteiger charge is 2.14. The molecule has 154 valence electrons. The van der Waals surface area contributed by atoms with Crippen molar-refractivity contribution in [1.29, 1.82) is 0 Å². The van der Waals surface area contributed by atoms with Crippen molar-refractivity contribution in [2.24, 2.45) is 0 Å². The number of aromatic nitrogens is 4. The number of aromatic hydroxyl groups is 2. The maximum Gasteiger partial charge on any atom is 0.127 e. The minimum absolute atomic E-state index is 0.00575. The Bertz CT molecular complexity index is 1590. The zero-order chi connectivity index (χ0) is 21.7. The molecule has 0 unspecified atom stereocenters. The third-order valence-corrected chi connectivity index (χ3v) is 5.46. The van der Waals surface area contributed by atoms with Crippen LogP contribution in [0.4, 0.5) is 0 Å². The molecule has 3 aromatic heterocycles. The van der Waals surface area contributed by atoms with E-state index < -0.39 is 0 Å². The van der Waals surface area contributed by atoms with E-state index in [0.29, 0.717) is 11.1 Å². The molecule has 0 radical (unpaired) electrons. The Morgan fingerprint density at radius 1 is 0.562 bits per heavy atom. The monoisotopic (exact) mass is 418 g/mol. The van der Waals surface area contributed by atoms with Gasteiger partial charge in [0.15, 0.2) is 0 Å². The standard InChI is InChI=1S/C26H18N4O2/c31-24-2-1-3-25(32)26(24)22-13-21-12-19-7-6-17(28-19)10-15-4-5-16(27-15)11-18-8-9-20(29-18)14-23(22)30-21/h1-14,27,30-32H. The number of phenolic OH excluding ortho intramolecular Hbond substituents is 2. The number of phenols is 2. The average molecular weight is 418 g/mol. The van der Waals surface area contributed by atoms with Crippen LogP contribution >= 0.6 is 0 Å². The molecule has 6 rings (SSSR count). The molecular formula is C26H18N4O2. The van der Waals surface area contributed by atoms with Gasteiger partial charge in [0, 0.05) is 27.6 Å². The fourth-order valence-corrected chi connectivity index (χ4v) is 4.03. The molecule has 32 heavy (non-hydrogen) atoms. The van der Waals surface area contributed by atoms with Crippen molar-refractivity contribution in [3.8, 4) is 22.6 Å². The summed E-state index contributed by atoms with van der Waals surface area (Å²) < 4.78 is 0. The van der Waals surface area contributed by atoms with Gasteiger partial charge in [-0.15, -0.1) is 0 Å². The third kappa shape index (κ3) is 3.24. The first-order chi connectivity index (χ1) is 15.6. The smallest absolute Gasteiger partial charge is 0.127 e. The lowest BCUT2D eigenvalue weighted by atomic mass is 10.0. The number of nitrogens with one attached hydrogen (secondary N) is 2. The van der Waals surface area contributed by atoms with E-state index in [1.807, 2.05) is 66.8 Å². The molecule has 1 aromatic carbocycles. The van der Waals surface area contributed by atoms with Crippen LogP contribution in [0.5, 0.6) is 11.5 Å². The number of benzene rings is 1. The number of aromatic amines is 2. The SMILES string of the molecule is Oc1cccc(O)c1-c1cc2cc3nc(cc4ccc(cc5nc(cc1[nH]2)C=C5)[nH]4)C=C3. The summed E-state index contributed by atoms with van der Waals surface area (Å²) in [5.74, 6) is 0.0115. The topological polar surface area (TPSA) is 97.8 Å². The summed E-state index contributed by atoms with van der Waals surface area (Å²) >= 11 is 0. The molecule has 0 saturated carbocycles. The second-order valence-electron chi connectivity index (χ2n) is 7.76. The zero-order valence-electron chi connectivity index (χ0n) is 16.9. The average Bonchev–Trinajstić information content (AvgIpc) is 3.54. The van der Waals surface area contributed by atoms with Crippen molar-refractivity contribution >= 4 is 46.4 Å². The van der Waals surface area contributed by atoms with Crippen molar-refractivity contribution in [3.05, 3.63) is 83.4 Å². The molecule has 2 aliphatic heterocycles. The maximum atomic E-state index is 10.5. The number of hydrogen-bond donors (Lipinski definition) is 4. The largest absolute Gasteiger partial charge is 0.507 e. The van der Waals surface area contributed by atoms with Crippen LogP contribution in [0.25, 0.3) is 57.5 Å². The number of rotatable bonds is 1. The summed E-state index contributed by atoms with van der Waals surface area (Å²) in [6.07, 6.45) is 7.80. The molecule has 6 heteroatoms. The first-order valence-corrected chi connectivity index (χ1v) is 10.2. The Kier molecular flexibility index (Phi) is 3.98. The lowest BCUT2D eigenvalue weighted by molar-refractivity contribution is 0.454. The molecule has 0 fully saturated rings. The fraction of sp³-hybridized carbons (Fsp3) is 0. The summed E-state index contributed by atoms with van der Waals surface area (Å²) in [6, 6.07) is 18.4. The van der Waals surface area contributed by atoms with Gasteiger partial charge in [0.2, 0.25) is 0 Å². The fourth-order valence-electron chi connectivity index (χ4n) is 4.03. The van der Waals surface area contributed by atoms with Crippen molar-refractivity contribution in [1.82, 2.24) is 19.9 Å². The van der Waals surface area contributed by atoms with Crippen molar-refractivity contribution < 1.29 is 10.2 Å². The number of hydrogen-bond acceptors (Lipinski definition) is 4. The molecule has 0 atom stereocenters. The highest BCUT2D eigenvalue weighted by Crippen LogP contribution is 2.39. The van der Waals surface area contributed by atoms with Gasteiger partial charge in [0.1, 0.15) is 11.5 Å². The highest BCUT2D eigenvalue weighted by molar-refractivity contribution is 5.92. The van der Waals surface area contributed by atoms with E-state index in [9.17, 15) is 10.2 Å². The summed E-state index contributed by atoms with van der Waals surface area (Å²) in [5, 5.41) is 20.9. The molecule has 8 bridgehead atoms. The third-order valence-electron chi connectivity index (χ3n) is 5.46. The van der Waals surface area contributed by atoms with E-state index in [2.05, 4.69) is 19.9 Å². The Morgan fingerprint density at radius 3 is 1.69 bits per heavy atom. The molecular weight excluding hydrogens is 400 g/mol. The normalized spacial score (nSPS) is 12.4. The first-order valence-electron chi connectivity index (χ1n) is 10.2. The molecule has 4 aromatic rings. The van der Waals surface area contributed by atoms with Crippen LogP contribution in [0, 0.1) is 0 Å². The van der Waals surface area contributed by atoms with Gasteiger partial charge in [-0.3, -0.25) is 0 Å². The minimum Gasteiger partial charge on any atom is -0.507 e. The van der Waals surface area contributed by atoms with Crippen LogP contribution in [0.15, 0.2) is 60.7 Å². The number of H-pyrrole nitrogens is 2. The van der Waals surface area contributed by atoms with E-state index in [0.717, 1.165) is 44.8 Å². The predicted molar refractivity (Wildman–Crippen MR) is 128 cm³/mol. The molecule has 6 nitrogen and oxygen atoms in total. The lowest BCUT2D eigenvalue weighted by Gasteiger charge is -2.05. The Balaban J connectivity index is 1.70. The van der Waals surface area contributed by atoms with E-state index in [1.54, 1.807) is 18.2 Å². The molecule has 2 aliphatic rings. The lowest BCUT2D eigenvalue weighted by Crippen LogP contribution is -1.80. The second kappa shape index (κ2) is 6.99. The van der Waals surface area contributed by atoms with Crippen LogP contribution in [0.2, 0.25) is 0 Å². The Hall–Kier alpha value is -4.58.